The van der Waals surface area contributed by atoms with Crippen LogP contribution in [0.4, 0.5) is 8.78 Å². The van der Waals surface area contributed by atoms with Gasteiger partial charge in [0.05, 0.1) is 10.1 Å². The molecular weight excluding hydrogens is 393 g/mol. The van der Waals surface area contributed by atoms with E-state index < -0.39 is 22.9 Å². The summed E-state index contributed by atoms with van der Waals surface area (Å²) < 4.78 is 29.3. The van der Waals surface area contributed by atoms with Gasteiger partial charge in [-0.15, -0.1) is 0 Å². The van der Waals surface area contributed by atoms with E-state index in [4.69, 9.17) is 0 Å². The van der Waals surface area contributed by atoms with Gasteiger partial charge in [-0.05, 0) is 35.1 Å². The third-order valence-electron chi connectivity index (χ3n) is 3.00. The van der Waals surface area contributed by atoms with Crippen molar-refractivity contribution in [2.24, 2.45) is 0 Å². The average Bonchev–Trinajstić information content (AvgIpc) is 2.43. The summed E-state index contributed by atoms with van der Waals surface area (Å²) in [7, 11) is 0. The van der Waals surface area contributed by atoms with Crippen molar-refractivity contribution in [2.45, 2.75) is 26.4 Å². The molecule has 0 saturated carbocycles. The van der Waals surface area contributed by atoms with Gasteiger partial charge in [-0.1, -0.05) is 13.0 Å². The normalized spacial score (nSPS) is 10.9. The molecule has 4 nitrogen and oxygen atoms in total. The van der Waals surface area contributed by atoms with Crippen LogP contribution in [-0.2, 0) is 13.1 Å². The summed E-state index contributed by atoms with van der Waals surface area (Å²) in [6, 6.07) is 3.07. The molecule has 21 heavy (non-hydrogen) atoms. The van der Waals surface area contributed by atoms with Crippen LogP contribution in [0.2, 0.25) is 0 Å². The molecule has 0 unspecified atom stereocenters. The van der Waals surface area contributed by atoms with Gasteiger partial charge in [0.15, 0.2) is 0 Å². The summed E-state index contributed by atoms with van der Waals surface area (Å²) >= 11 is 1.84. The van der Waals surface area contributed by atoms with E-state index in [2.05, 4.69) is 0 Å². The zero-order valence-electron chi connectivity index (χ0n) is 11.3. The highest BCUT2D eigenvalue weighted by Gasteiger charge is 2.12. The highest BCUT2D eigenvalue weighted by atomic mass is 127. The van der Waals surface area contributed by atoms with Gasteiger partial charge >= 0.3 is 5.69 Å². The van der Waals surface area contributed by atoms with E-state index in [0.29, 0.717) is 10.1 Å². The molecule has 0 N–H and O–H groups in total. The van der Waals surface area contributed by atoms with Crippen molar-refractivity contribution in [2.75, 3.05) is 0 Å². The molecule has 1 aromatic heterocycles. The summed E-state index contributed by atoms with van der Waals surface area (Å²) in [6.45, 7) is 2.17. The lowest BCUT2D eigenvalue weighted by Crippen LogP contribution is -2.41. The molecule has 0 spiro atoms. The first-order valence-electron chi connectivity index (χ1n) is 6.37. The molecule has 0 aliphatic heterocycles. The number of aryl methyl sites for hydroxylation is 1. The molecule has 7 heteroatoms. The van der Waals surface area contributed by atoms with Crippen LogP contribution in [0, 0.1) is 15.2 Å². The van der Waals surface area contributed by atoms with E-state index in [1.54, 1.807) is 0 Å². The van der Waals surface area contributed by atoms with E-state index in [0.717, 1.165) is 23.1 Å². The summed E-state index contributed by atoms with van der Waals surface area (Å²) in [5.74, 6) is -1.48. The standard InChI is InChI=1S/C14H13F2IN2O2/c1-2-5-18-8-12(17)13(20)19(14(18)21)7-9-3-4-10(15)6-11(9)16/h3-4,6,8H,2,5,7H2,1H3. The van der Waals surface area contributed by atoms with Crippen molar-refractivity contribution in [3.8, 4) is 0 Å². The molecule has 0 amide bonds. The van der Waals surface area contributed by atoms with Crippen LogP contribution in [0.5, 0.6) is 0 Å². The highest BCUT2D eigenvalue weighted by Crippen LogP contribution is 2.10. The number of benzene rings is 1. The van der Waals surface area contributed by atoms with Gasteiger partial charge in [0, 0.05) is 24.4 Å². The Balaban J connectivity index is 2.53. The Hall–Kier alpha value is -1.51. The van der Waals surface area contributed by atoms with Crippen LogP contribution in [0.15, 0.2) is 34.0 Å². The molecule has 0 radical (unpaired) electrons. The van der Waals surface area contributed by atoms with Gasteiger partial charge in [-0.3, -0.25) is 13.9 Å². The maximum absolute atomic E-state index is 13.7. The van der Waals surface area contributed by atoms with Crippen LogP contribution < -0.4 is 11.2 Å². The van der Waals surface area contributed by atoms with E-state index in [1.807, 2.05) is 29.5 Å². The smallest absolute Gasteiger partial charge is 0.299 e. The molecule has 0 saturated heterocycles. The Labute approximate surface area is 133 Å². The molecule has 2 rings (SSSR count). The van der Waals surface area contributed by atoms with Gasteiger partial charge in [-0.2, -0.15) is 0 Å². The monoisotopic (exact) mass is 406 g/mol. The molecule has 0 fully saturated rings. The third kappa shape index (κ3) is 3.39. The molecule has 0 aliphatic rings. The van der Waals surface area contributed by atoms with E-state index in [-0.39, 0.29) is 12.1 Å². The van der Waals surface area contributed by atoms with E-state index in [1.165, 1.54) is 16.8 Å². The number of rotatable bonds is 4. The van der Waals surface area contributed by atoms with Gasteiger partial charge in [0.1, 0.15) is 11.6 Å². The van der Waals surface area contributed by atoms with Crippen LogP contribution in [0.3, 0.4) is 0 Å². The molecule has 0 bridgehead atoms. The maximum atomic E-state index is 13.7. The number of hydrogen-bond acceptors (Lipinski definition) is 2. The van der Waals surface area contributed by atoms with Crippen LogP contribution in [-0.4, -0.2) is 9.13 Å². The second-order valence-electron chi connectivity index (χ2n) is 4.58. The largest absolute Gasteiger partial charge is 0.331 e. The Kier molecular flexibility index (Phi) is 4.92. The summed E-state index contributed by atoms with van der Waals surface area (Å²) in [5, 5.41) is 0. The summed E-state index contributed by atoms with van der Waals surface area (Å²) in [4.78, 5) is 24.3. The van der Waals surface area contributed by atoms with Crippen LogP contribution in [0.25, 0.3) is 0 Å². The van der Waals surface area contributed by atoms with E-state index >= 15 is 0 Å². The van der Waals surface area contributed by atoms with E-state index in [9.17, 15) is 18.4 Å². The SMILES string of the molecule is CCCn1cc(I)c(=O)n(Cc2ccc(F)cc2F)c1=O. The highest BCUT2D eigenvalue weighted by molar-refractivity contribution is 14.1. The number of halogens is 3. The molecule has 0 atom stereocenters. The van der Waals surface area contributed by atoms with Crippen molar-refractivity contribution in [3.05, 3.63) is 66.0 Å². The minimum Gasteiger partial charge on any atom is -0.299 e. The second-order valence-corrected chi connectivity index (χ2v) is 5.74. The van der Waals surface area contributed by atoms with Gasteiger partial charge in [0.25, 0.3) is 5.56 Å². The van der Waals surface area contributed by atoms with Crippen molar-refractivity contribution in [1.82, 2.24) is 9.13 Å². The van der Waals surface area contributed by atoms with Crippen LogP contribution >= 0.6 is 22.6 Å². The fourth-order valence-corrected chi connectivity index (χ4v) is 2.61. The Morgan fingerprint density at radius 2 is 1.95 bits per heavy atom. The second kappa shape index (κ2) is 6.50. The predicted molar refractivity (Wildman–Crippen MR) is 83.4 cm³/mol. The maximum Gasteiger partial charge on any atom is 0.331 e. The minimum absolute atomic E-state index is 0.0978. The first kappa shape index (κ1) is 15.9. The van der Waals surface area contributed by atoms with Crippen molar-refractivity contribution < 1.29 is 8.78 Å². The lowest BCUT2D eigenvalue weighted by atomic mass is 10.2. The first-order chi connectivity index (χ1) is 9.93. The number of aromatic nitrogens is 2. The molecule has 2 aromatic rings. The average molecular weight is 406 g/mol. The van der Waals surface area contributed by atoms with Gasteiger partial charge < -0.3 is 0 Å². The summed E-state index contributed by atoms with van der Waals surface area (Å²) in [5.41, 5.74) is -0.872. The Morgan fingerprint density at radius 3 is 2.57 bits per heavy atom. The molecule has 1 aromatic carbocycles. The van der Waals surface area contributed by atoms with Gasteiger partial charge in [0.2, 0.25) is 0 Å². The number of hydrogen-bond donors (Lipinski definition) is 0. The zero-order chi connectivity index (χ0) is 15.6. The lowest BCUT2D eigenvalue weighted by Gasteiger charge is -2.11. The third-order valence-corrected chi connectivity index (χ3v) is 3.74. The molecule has 112 valence electrons. The Bertz CT molecular complexity index is 784. The molecule has 1 heterocycles. The quantitative estimate of drug-likeness (QED) is 0.732. The van der Waals surface area contributed by atoms with Crippen molar-refractivity contribution in [1.29, 1.82) is 0 Å². The fourth-order valence-electron chi connectivity index (χ4n) is 1.98. The minimum atomic E-state index is -0.776. The predicted octanol–water partition coefficient (Wildman–Crippen LogP) is 2.35. The number of nitrogens with zero attached hydrogens (tertiary/aromatic N) is 2. The topological polar surface area (TPSA) is 44.0 Å². The first-order valence-corrected chi connectivity index (χ1v) is 7.45. The van der Waals surface area contributed by atoms with Crippen molar-refractivity contribution in [3.63, 3.8) is 0 Å². The molecule has 0 aliphatic carbocycles. The van der Waals surface area contributed by atoms with Gasteiger partial charge in [-0.25, -0.2) is 13.6 Å². The summed E-state index contributed by atoms with van der Waals surface area (Å²) in [6.07, 6.45) is 2.23. The Morgan fingerprint density at radius 1 is 1.24 bits per heavy atom. The fraction of sp³-hybridized carbons (Fsp3) is 0.286. The van der Waals surface area contributed by atoms with Crippen molar-refractivity contribution >= 4 is 22.6 Å². The van der Waals surface area contributed by atoms with Crippen LogP contribution in [0.1, 0.15) is 18.9 Å². The molecular formula is C14H13F2IN2O2. The zero-order valence-corrected chi connectivity index (χ0v) is 13.4. The lowest BCUT2D eigenvalue weighted by molar-refractivity contribution is 0.539.